The van der Waals surface area contributed by atoms with E-state index in [0.29, 0.717) is 0 Å². The molecule has 38 heavy (non-hydrogen) atoms. The minimum Gasteiger partial charge on any atom is -0.478 e. The Kier molecular flexibility index (Phi) is 15.4. The van der Waals surface area contributed by atoms with Crippen molar-refractivity contribution in [2.24, 2.45) is 0 Å². The van der Waals surface area contributed by atoms with Gasteiger partial charge in [-0.25, -0.2) is 18.0 Å². The van der Waals surface area contributed by atoms with Gasteiger partial charge in [-0.3, -0.25) is 0 Å². The van der Waals surface area contributed by atoms with Gasteiger partial charge in [0.15, 0.2) is 0 Å². The Bertz CT molecular complexity index is 978. The average molecular weight is 567 g/mol. The molecule has 0 amide bonds. The van der Waals surface area contributed by atoms with Crippen LogP contribution in [-0.2, 0) is 9.84 Å². The van der Waals surface area contributed by atoms with Crippen molar-refractivity contribution >= 4 is 29.0 Å². The number of benzene rings is 2. The second kappa shape index (κ2) is 17.4. The van der Waals surface area contributed by atoms with Crippen LogP contribution in [0, 0.1) is 0 Å². The van der Waals surface area contributed by atoms with E-state index in [-0.39, 0.29) is 20.9 Å². The molecule has 6 nitrogen and oxygen atoms in total. The molecule has 2 aromatic carbocycles. The summed E-state index contributed by atoms with van der Waals surface area (Å²) < 4.78 is 24.6. The van der Waals surface area contributed by atoms with Gasteiger partial charge in [0.1, 0.15) is 0 Å². The summed E-state index contributed by atoms with van der Waals surface area (Å²) in [5.41, 5.74) is -0.0367. The van der Waals surface area contributed by atoms with E-state index in [2.05, 4.69) is 27.7 Å². The fourth-order valence-electron chi connectivity index (χ4n) is 4.65. The standard InChI is InChI=1S/C16H37P.C14H10O6S/c1-5-9-13-17(14-10-6-2,15-11-7-3)16-12-8-4;15-13(16)9-1-5-11(6-2-9)21(19,20)12-7-3-10(4-8-12)14(17)18/h17H,5-16H2,1-4H3;1-8H,(H,15,16)(H,17,18). The van der Waals surface area contributed by atoms with Crippen LogP contribution in [0.2, 0.25) is 0 Å². The summed E-state index contributed by atoms with van der Waals surface area (Å²) in [6.07, 6.45) is 18.1. The molecule has 0 spiro atoms. The van der Waals surface area contributed by atoms with Crippen LogP contribution in [0.4, 0.5) is 0 Å². The third kappa shape index (κ3) is 10.9. The topological polar surface area (TPSA) is 109 Å². The Morgan fingerprint density at radius 1 is 0.579 bits per heavy atom. The molecule has 0 aromatic heterocycles. The molecule has 0 heterocycles. The number of carboxylic acids is 2. The molecule has 0 bridgehead atoms. The SMILES string of the molecule is CCCC[PH](CCCC)(CCCC)CCCC.O=C(O)c1ccc(S(=O)(=O)c2ccc(C(=O)O)cc2)cc1. The van der Waals surface area contributed by atoms with Crippen LogP contribution in [0.5, 0.6) is 0 Å². The van der Waals surface area contributed by atoms with Crippen molar-refractivity contribution in [1.29, 1.82) is 0 Å². The number of unbranched alkanes of at least 4 members (excludes halogenated alkanes) is 4. The summed E-state index contributed by atoms with van der Waals surface area (Å²) in [5.74, 6) is -2.30. The fourth-order valence-corrected chi connectivity index (χ4v) is 11.8. The summed E-state index contributed by atoms with van der Waals surface area (Å²) in [7, 11) is -4.69. The van der Waals surface area contributed by atoms with Crippen LogP contribution in [0.25, 0.3) is 0 Å². The van der Waals surface area contributed by atoms with Gasteiger partial charge in [-0.05, 0) is 48.5 Å². The smallest absolute Gasteiger partial charge is 0.335 e. The maximum absolute atomic E-state index is 12.3. The van der Waals surface area contributed by atoms with E-state index >= 15 is 0 Å². The molecular formula is C30H47O6PS. The van der Waals surface area contributed by atoms with Gasteiger partial charge >= 0.3 is 123 Å². The van der Waals surface area contributed by atoms with Gasteiger partial charge in [-0.1, -0.05) is 0 Å². The monoisotopic (exact) mass is 566 g/mol. The van der Waals surface area contributed by atoms with E-state index in [1.165, 1.54) is 99.9 Å². The number of aromatic carboxylic acids is 2. The summed E-state index contributed by atoms with van der Waals surface area (Å²) in [5, 5.41) is 17.5. The van der Waals surface area contributed by atoms with Crippen LogP contribution in [0.15, 0.2) is 58.3 Å². The maximum Gasteiger partial charge on any atom is 0.335 e. The second-order valence-electron chi connectivity index (χ2n) is 10.1. The zero-order chi connectivity index (χ0) is 28.6. The Labute approximate surface area is 230 Å². The molecule has 0 saturated carbocycles. The molecule has 0 aliphatic rings. The second-order valence-corrected chi connectivity index (χ2v) is 17.0. The van der Waals surface area contributed by atoms with E-state index in [1.807, 2.05) is 0 Å². The number of hydrogen-bond acceptors (Lipinski definition) is 4. The van der Waals surface area contributed by atoms with Crippen molar-refractivity contribution in [2.75, 3.05) is 24.6 Å². The molecule has 0 fully saturated rings. The minimum absolute atomic E-state index is 0.0184. The molecule has 2 N–H and O–H groups in total. The maximum atomic E-state index is 12.3. The summed E-state index contributed by atoms with van der Waals surface area (Å²) in [4.78, 5) is 21.3. The van der Waals surface area contributed by atoms with E-state index in [0.717, 1.165) is 0 Å². The van der Waals surface area contributed by atoms with Gasteiger partial charge in [0.05, 0.1) is 20.9 Å². The molecule has 8 heteroatoms. The van der Waals surface area contributed by atoms with Crippen molar-refractivity contribution in [3.8, 4) is 0 Å². The first-order chi connectivity index (χ1) is 18.1. The van der Waals surface area contributed by atoms with Gasteiger partial charge < -0.3 is 10.2 Å². The Hall–Kier alpha value is -2.24. The summed E-state index contributed by atoms with van der Waals surface area (Å²) in [6.45, 7) is 9.44. The quantitative estimate of drug-likeness (QED) is 0.200. The Balaban J connectivity index is 0.000000391. The molecule has 0 saturated heterocycles. The third-order valence-corrected chi connectivity index (χ3v) is 14.5. The molecule has 0 unspecified atom stereocenters. The average Bonchev–Trinajstić information content (AvgIpc) is 2.92. The molecule has 0 atom stereocenters. The van der Waals surface area contributed by atoms with Gasteiger partial charge in [0.25, 0.3) is 0 Å². The van der Waals surface area contributed by atoms with Gasteiger partial charge in [0.2, 0.25) is 9.84 Å². The van der Waals surface area contributed by atoms with Crippen molar-refractivity contribution in [2.45, 2.75) is 88.9 Å². The molecule has 2 rings (SSSR count). The molecule has 214 valence electrons. The zero-order valence-corrected chi connectivity index (χ0v) is 25.4. The van der Waals surface area contributed by atoms with Crippen molar-refractivity contribution in [3.05, 3.63) is 59.7 Å². The first-order valence-electron chi connectivity index (χ1n) is 14.0. The molecule has 0 radical (unpaired) electrons. The number of hydrogen-bond donors (Lipinski definition) is 2. The van der Waals surface area contributed by atoms with E-state index in [9.17, 15) is 18.0 Å². The Morgan fingerprint density at radius 2 is 0.842 bits per heavy atom. The molecular weight excluding hydrogens is 519 g/mol. The van der Waals surface area contributed by atoms with Gasteiger partial charge in [-0.2, -0.15) is 0 Å². The summed E-state index contributed by atoms with van der Waals surface area (Å²) in [6, 6.07) is 9.57. The van der Waals surface area contributed by atoms with Crippen LogP contribution in [0.3, 0.4) is 0 Å². The van der Waals surface area contributed by atoms with Gasteiger partial charge in [-0.15, -0.1) is 0 Å². The third-order valence-electron chi connectivity index (χ3n) is 7.07. The number of sulfone groups is 1. The van der Waals surface area contributed by atoms with Crippen molar-refractivity contribution in [3.63, 3.8) is 0 Å². The first-order valence-corrected chi connectivity index (χ1v) is 18.3. The molecule has 2 aromatic rings. The van der Waals surface area contributed by atoms with Crippen LogP contribution >= 0.6 is 7.26 Å². The Morgan fingerprint density at radius 3 is 1.05 bits per heavy atom. The predicted molar refractivity (Wildman–Crippen MR) is 160 cm³/mol. The number of carboxylic acid groups (broad SMARTS) is 2. The number of rotatable bonds is 16. The largest absolute Gasteiger partial charge is 0.478 e. The van der Waals surface area contributed by atoms with E-state index in [4.69, 9.17) is 10.2 Å². The first kappa shape index (κ1) is 33.8. The van der Waals surface area contributed by atoms with Crippen molar-refractivity contribution in [1.82, 2.24) is 0 Å². The zero-order valence-electron chi connectivity index (χ0n) is 23.5. The van der Waals surface area contributed by atoms with Crippen LogP contribution < -0.4 is 0 Å². The molecule has 0 aliphatic heterocycles. The number of carbonyl (C=O) groups is 2. The van der Waals surface area contributed by atoms with Gasteiger partial charge in [0, 0.05) is 0 Å². The fraction of sp³-hybridized carbons (Fsp3) is 0.533. The van der Waals surface area contributed by atoms with Crippen LogP contribution in [0.1, 0.15) is 99.8 Å². The predicted octanol–water partition coefficient (Wildman–Crippen LogP) is 7.85. The summed E-state index contributed by atoms with van der Waals surface area (Å²) >= 11 is 0. The van der Waals surface area contributed by atoms with E-state index < -0.39 is 29.0 Å². The minimum atomic E-state index is -3.81. The van der Waals surface area contributed by atoms with Crippen molar-refractivity contribution < 1.29 is 28.2 Å². The molecule has 0 aliphatic carbocycles. The van der Waals surface area contributed by atoms with Crippen LogP contribution in [-0.4, -0.2) is 55.2 Å². The van der Waals surface area contributed by atoms with E-state index in [1.54, 1.807) is 24.6 Å². The normalized spacial score (nSPS) is 11.9.